The molecule has 1 aliphatic carbocycles. The van der Waals surface area contributed by atoms with Crippen LogP contribution in [0.15, 0.2) is 18.2 Å². The molecule has 1 saturated carbocycles. The van der Waals surface area contributed by atoms with Crippen molar-refractivity contribution in [2.75, 3.05) is 31.9 Å². The highest BCUT2D eigenvalue weighted by atomic mass is 35.5. The molecule has 0 spiro atoms. The van der Waals surface area contributed by atoms with E-state index in [4.69, 9.17) is 11.6 Å². The first-order valence-electron chi connectivity index (χ1n) is 11.5. The van der Waals surface area contributed by atoms with Gasteiger partial charge in [0.2, 0.25) is 5.92 Å². The number of amides is 1. The van der Waals surface area contributed by atoms with Gasteiger partial charge < -0.3 is 5.32 Å². The molecular weight excluding hydrogens is 497 g/mol. The van der Waals surface area contributed by atoms with Crippen molar-refractivity contribution in [3.05, 3.63) is 34.3 Å². The van der Waals surface area contributed by atoms with Crippen LogP contribution in [0, 0.1) is 0 Å². The Morgan fingerprint density at radius 1 is 1.21 bits per heavy atom. The van der Waals surface area contributed by atoms with E-state index in [-0.39, 0.29) is 48.9 Å². The first-order valence-corrected chi connectivity index (χ1v) is 12.9. The van der Waals surface area contributed by atoms with Gasteiger partial charge in [0.05, 0.1) is 16.1 Å². The average Bonchev–Trinajstić information content (AvgIpc) is 2.77. The quantitative estimate of drug-likeness (QED) is 0.343. The van der Waals surface area contributed by atoms with E-state index in [1.54, 1.807) is 11.9 Å². The molecule has 3 rings (SSSR count). The highest BCUT2D eigenvalue weighted by Crippen LogP contribution is 2.42. The fourth-order valence-corrected chi connectivity index (χ4v) is 5.89. The molecule has 1 heterocycles. The average molecular weight is 528 g/mol. The highest BCUT2D eigenvalue weighted by Gasteiger charge is 2.48. The minimum absolute atomic E-state index is 0.0693. The van der Waals surface area contributed by atoms with Gasteiger partial charge in [-0.2, -0.15) is 13.2 Å². The van der Waals surface area contributed by atoms with Gasteiger partial charge in [0.15, 0.2) is 0 Å². The number of piperazine rings is 1. The van der Waals surface area contributed by atoms with E-state index < -0.39 is 29.1 Å². The van der Waals surface area contributed by atoms with E-state index in [0.29, 0.717) is 13.1 Å². The third kappa shape index (κ3) is 6.56. The highest BCUT2D eigenvalue weighted by molar-refractivity contribution is 7.97. The number of nitrogens with one attached hydrogen (secondary N) is 1. The fraction of sp³-hybridized carbons (Fsp3) is 0.696. The normalized spacial score (nSPS) is 23.6. The molecule has 0 radical (unpaired) electrons. The maximum absolute atomic E-state index is 14.0. The lowest BCUT2D eigenvalue weighted by atomic mass is 9.77. The van der Waals surface area contributed by atoms with Crippen LogP contribution in [0.5, 0.6) is 0 Å². The number of carbonyl (C=O) groups excluding carboxylic acids is 1. The van der Waals surface area contributed by atoms with Crippen molar-refractivity contribution >= 4 is 29.5 Å². The van der Waals surface area contributed by atoms with Crippen LogP contribution in [-0.4, -0.2) is 64.5 Å². The molecule has 1 aromatic carbocycles. The van der Waals surface area contributed by atoms with Crippen LogP contribution in [0.2, 0.25) is 5.02 Å². The Morgan fingerprint density at radius 2 is 1.88 bits per heavy atom. The summed E-state index contributed by atoms with van der Waals surface area (Å²) in [4.78, 5) is 15.0. The molecule has 34 heavy (non-hydrogen) atoms. The second kappa shape index (κ2) is 10.9. The summed E-state index contributed by atoms with van der Waals surface area (Å²) >= 11 is 7.77. The van der Waals surface area contributed by atoms with Crippen molar-refractivity contribution in [3.8, 4) is 0 Å². The zero-order valence-corrected chi connectivity index (χ0v) is 20.9. The molecule has 4 nitrogen and oxygen atoms in total. The Bertz CT molecular complexity index is 859. The Hall–Kier alpha value is -1.10. The lowest BCUT2D eigenvalue weighted by Crippen LogP contribution is -2.64. The number of alkyl halides is 5. The van der Waals surface area contributed by atoms with Crippen LogP contribution in [0.4, 0.5) is 22.0 Å². The molecule has 2 aliphatic rings. The smallest absolute Gasteiger partial charge is 0.350 e. The molecule has 1 unspecified atom stereocenters. The lowest BCUT2D eigenvalue weighted by molar-refractivity contribution is -0.137. The predicted molar refractivity (Wildman–Crippen MR) is 125 cm³/mol. The largest absolute Gasteiger partial charge is 0.416 e. The predicted octanol–water partition coefficient (Wildman–Crippen LogP) is 6.10. The molecule has 0 bridgehead atoms. The maximum atomic E-state index is 14.0. The van der Waals surface area contributed by atoms with E-state index in [9.17, 15) is 26.7 Å². The minimum Gasteiger partial charge on any atom is -0.350 e. The third-order valence-corrected chi connectivity index (χ3v) is 8.51. The summed E-state index contributed by atoms with van der Waals surface area (Å²) in [5.74, 6) is -2.32. The zero-order valence-electron chi connectivity index (χ0n) is 19.4. The van der Waals surface area contributed by atoms with Crippen LogP contribution >= 0.6 is 23.5 Å². The van der Waals surface area contributed by atoms with E-state index in [1.807, 2.05) is 0 Å². The van der Waals surface area contributed by atoms with Crippen molar-refractivity contribution in [1.29, 1.82) is 0 Å². The lowest BCUT2D eigenvalue weighted by Gasteiger charge is -2.52. The van der Waals surface area contributed by atoms with Crippen LogP contribution < -0.4 is 5.32 Å². The Balaban J connectivity index is 1.73. The van der Waals surface area contributed by atoms with Gasteiger partial charge in [0.1, 0.15) is 0 Å². The molecule has 1 aromatic rings. The Morgan fingerprint density at radius 3 is 2.44 bits per heavy atom. The summed E-state index contributed by atoms with van der Waals surface area (Å²) in [6, 6.07) is 2.81. The van der Waals surface area contributed by atoms with Crippen molar-refractivity contribution in [3.63, 3.8) is 0 Å². The van der Waals surface area contributed by atoms with Crippen LogP contribution in [-0.2, 0) is 6.18 Å². The molecule has 2 fully saturated rings. The maximum Gasteiger partial charge on any atom is 0.416 e. The summed E-state index contributed by atoms with van der Waals surface area (Å²) in [5, 5.41) is 2.48. The van der Waals surface area contributed by atoms with Crippen molar-refractivity contribution in [2.24, 2.45) is 0 Å². The van der Waals surface area contributed by atoms with Gasteiger partial charge in [-0.15, -0.1) is 0 Å². The van der Waals surface area contributed by atoms with Gasteiger partial charge in [-0.3, -0.25) is 9.69 Å². The standard InChI is InChI=1S/C23H31ClF5N3OS/c1-3-12-34-32-11-10-31(14-16(32)2)21(6-8-22(25,26)9-7-21)15-30-20(33)18-5-4-17(13-19(18)24)23(27,28)29/h4-5,13,16H,3,6-12,14-15H2,1-2H3,(H,30,33). The molecule has 11 heteroatoms. The van der Waals surface area contributed by atoms with Gasteiger partial charge >= 0.3 is 6.18 Å². The number of hydrogen-bond acceptors (Lipinski definition) is 4. The van der Waals surface area contributed by atoms with E-state index >= 15 is 0 Å². The number of nitrogens with zero attached hydrogens (tertiary/aromatic N) is 2. The van der Waals surface area contributed by atoms with E-state index in [1.165, 1.54) is 0 Å². The first kappa shape index (κ1) is 27.5. The molecule has 0 aromatic heterocycles. The molecule has 1 atom stereocenters. The second-order valence-corrected chi connectivity index (χ2v) is 10.8. The number of halogens is 6. The summed E-state index contributed by atoms with van der Waals surface area (Å²) < 4.78 is 69.1. The number of carbonyl (C=O) groups is 1. The third-order valence-electron chi connectivity index (χ3n) is 6.73. The second-order valence-electron chi connectivity index (χ2n) is 9.22. The zero-order chi connectivity index (χ0) is 25.1. The fourth-order valence-electron chi connectivity index (χ4n) is 4.67. The summed E-state index contributed by atoms with van der Waals surface area (Å²) in [6.45, 7) is 6.55. The summed E-state index contributed by atoms with van der Waals surface area (Å²) in [5.41, 5.74) is -1.64. The summed E-state index contributed by atoms with van der Waals surface area (Å²) in [7, 11) is 0. The van der Waals surface area contributed by atoms with E-state index in [0.717, 1.165) is 36.9 Å². The monoisotopic (exact) mass is 527 g/mol. The number of benzene rings is 1. The topological polar surface area (TPSA) is 35.6 Å². The van der Waals surface area contributed by atoms with E-state index in [2.05, 4.69) is 28.4 Å². The SMILES string of the molecule is CCCSN1CCN(C2(CNC(=O)c3ccc(C(F)(F)F)cc3Cl)CCC(F)(F)CC2)CC1C. The summed E-state index contributed by atoms with van der Waals surface area (Å²) in [6.07, 6.45) is -3.56. The molecule has 1 aliphatic heterocycles. The van der Waals surface area contributed by atoms with Gasteiger partial charge in [0.25, 0.3) is 5.91 Å². The van der Waals surface area contributed by atoms with Crippen LogP contribution in [0.3, 0.4) is 0 Å². The van der Waals surface area contributed by atoms with Crippen LogP contribution in [0.1, 0.15) is 61.9 Å². The number of rotatable bonds is 7. The van der Waals surface area contributed by atoms with Gasteiger partial charge in [-0.1, -0.05) is 30.5 Å². The molecule has 192 valence electrons. The van der Waals surface area contributed by atoms with Crippen molar-refractivity contribution in [2.45, 2.75) is 69.6 Å². The molecule has 1 amide bonds. The van der Waals surface area contributed by atoms with Gasteiger partial charge in [-0.05, 0) is 44.4 Å². The Kier molecular flexibility index (Phi) is 8.80. The molecule has 1 N–H and O–H groups in total. The van der Waals surface area contributed by atoms with Crippen molar-refractivity contribution in [1.82, 2.24) is 14.5 Å². The number of hydrogen-bond donors (Lipinski definition) is 1. The van der Waals surface area contributed by atoms with Crippen LogP contribution in [0.25, 0.3) is 0 Å². The van der Waals surface area contributed by atoms with Gasteiger partial charge in [-0.25, -0.2) is 13.1 Å². The first-order chi connectivity index (χ1) is 15.9. The Labute approximate surface area is 206 Å². The van der Waals surface area contributed by atoms with Crippen molar-refractivity contribution < 1.29 is 26.7 Å². The van der Waals surface area contributed by atoms with Gasteiger partial charge in [0, 0.05) is 56.4 Å². The molecular formula is C23H31ClF5N3OS. The minimum atomic E-state index is -4.57. The molecule has 1 saturated heterocycles.